The monoisotopic (exact) mass is 347 g/mol. The molecule has 3 aromatic carbocycles. The van der Waals surface area contributed by atoms with Gasteiger partial charge in [-0.1, -0.05) is 54.6 Å². The molecule has 0 aliphatic rings. The van der Waals surface area contributed by atoms with E-state index < -0.39 is 6.10 Å². The molecule has 26 heavy (non-hydrogen) atoms. The fraction of sp³-hybridized carbons (Fsp3) is 0.261. The van der Waals surface area contributed by atoms with Crippen LogP contribution in [0.3, 0.4) is 0 Å². The van der Waals surface area contributed by atoms with Crippen LogP contribution in [0.1, 0.15) is 36.6 Å². The van der Waals surface area contributed by atoms with Crippen molar-refractivity contribution in [2.75, 3.05) is 0 Å². The zero-order valence-corrected chi connectivity index (χ0v) is 15.7. The number of fused-ring (bicyclic) bond motifs is 1. The Morgan fingerprint density at radius 1 is 0.923 bits per heavy atom. The Hall–Kier alpha value is -2.81. The molecule has 0 fully saturated rings. The molecule has 0 aliphatic heterocycles. The summed E-state index contributed by atoms with van der Waals surface area (Å²) in [7, 11) is 0. The maximum atomic E-state index is 12.6. The lowest BCUT2D eigenvalue weighted by Crippen LogP contribution is -2.37. The molecule has 0 heterocycles. The number of hydrogen-bond acceptors (Lipinski definition) is 2. The number of carbonyl (C=O) groups is 1. The van der Waals surface area contributed by atoms with E-state index in [0.29, 0.717) is 0 Å². The molecule has 3 nitrogen and oxygen atoms in total. The molecule has 3 heteroatoms. The Morgan fingerprint density at radius 2 is 1.65 bits per heavy atom. The van der Waals surface area contributed by atoms with Crippen molar-refractivity contribution < 1.29 is 9.53 Å². The first-order valence-electron chi connectivity index (χ1n) is 8.97. The average molecular weight is 347 g/mol. The van der Waals surface area contributed by atoms with E-state index in [2.05, 4.69) is 37.4 Å². The van der Waals surface area contributed by atoms with Gasteiger partial charge in [0.05, 0.1) is 6.04 Å². The van der Waals surface area contributed by atoms with E-state index >= 15 is 0 Å². The molecule has 134 valence electrons. The van der Waals surface area contributed by atoms with Gasteiger partial charge in [0.15, 0.2) is 6.10 Å². The number of rotatable bonds is 5. The van der Waals surface area contributed by atoms with Crippen LogP contribution in [0.4, 0.5) is 0 Å². The summed E-state index contributed by atoms with van der Waals surface area (Å²) in [5.41, 5.74) is 3.57. The summed E-state index contributed by atoms with van der Waals surface area (Å²) in [4.78, 5) is 12.6. The van der Waals surface area contributed by atoms with Crippen molar-refractivity contribution in [3.8, 4) is 5.75 Å². The molecular weight excluding hydrogens is 322 g/mol. The van der Waals surface area contributed by atoms with Gasteiger partial charge in [0.1, 0.15) is 5.75 Å². The molecule has 1 N–H and O–H groups in total. The van der Waals surface area contributed by atoms with Gasteiger partial charge in [0.25, 0.3) is 5.91 Å². The number of amides is 1. The second-order valence-corrected chi connectivity index (χ2v) is 6.81. The van der Waals surface area contributed by atoms with E-state index in [1.54, 1.807) is 6.92 Å². The van der Waals surface area contributed by atoms with E-state index in [9.17, 15) is 4.79 Å². The van der Waals surface area contributed by atoms with E-state index in [1.807, 2.05) is 49.4 Å². The minimum Gasteiger partial charge on any atom is -0.480 e. The highest BCUT2D eigenvalue weighted by molar-refractivity contribution is 5.89. The Bertz CT molecular complexity index is 927. The van der Waals surface area contributed by atoms with Gasteiger partial charge in [0, 0.05) is 5.39 Å². The second kappa shape index (κ2) is 7.61. The Morgan fingerprint density at radius 3 is 2.42 bits per heavy atom. The van der Waals surface area contributed by atoms with Gasteiger partial charge in [-0.3, -0.25) is 4.79 Å². The predicted molar refractivity (Wildman–Crippen MR) is 107 cm³/mol. The summed E-state index contributed by atoms with van der Waals surface area (Å²) in [6.07, 6.45) is -0.574. The summed E-state index contributed by atoms with van der Waals surface area (Å²) in [6, 6.07) is 20.1. The minimum absolute atomic E-state index is 0.0691. The standard InChI is InChI=1S/C23H25NO2/c1-15-12-13-20(14-16(15)2)17(3)24-23(25)18(4)26-22-11-7-9-19-8-5-6-10-21(19)22/h5-14,17-18H,1-4H3,(H,24,25)/t17-,18-/m1/s1. The number of aryl methyl sites for hydroxylation is 2. The number of hydrogen-bond donors (Lipinski definition) is 1. The lowest BCUT2D eigenvalue weighted by molar-refractivity contribution is -0.127. The quantitative estimate of drug-likeness (QED) is 0.697. The van der Waals surface area contributed by atoms with Crippen molar-refractivity contribution in [3.63, 3.8) is 0 Å². The SMILES string of the molecule is Cc1ccc([C@@H](C)NC(=O)[C@@H](C)Oc2cccc3ccccc23)cc1C. The second-order valence-electron chi connectivity index (χ2n) is 6.81. The van der Waals surface area contributed by atoms with Gasteiger partial charge in [0.2, 0.25) is 0 Å². The average Bonchev–Trinajstić information content (AvgIpc) is 2.64. The van der Waals surface area contributed by atoms with Crippen LogP contribution in [-0.4, -0.2) is 12.0 Å². The third-order valence-electron chi connectivity index (χ3n) is 4.81. The van der Waals surface area contributed by atoms with Crippen molar-refractivity contribution in [2.24, 2.45) is 0 Å². The Labute approximate surface area is 155 Å². The zero-order chi connectivity index (χ0) is 18.7. The van der Waals surface area contributed by atoms with Crippen LogP contribution >= 0.6 is 0 Å². The fourth-order valence-electron chi connectivity index (χ4n) is 2.99. The van der Waals surface area contributed by atoms with Crippen LogP contribution in [0.5, 0.6) is 5.75 Å². The van der Waals surface area contributed by atoms with E-state index in [-0.39, 0.29) is 11.9 Å². The van der Waals surface area contributed by atoms with Crippen LogP contribution in [0.25, 0.3) is 10.8 Å². The molecular formula is C23H25NO2. The molecule has 3 aromatic rings. The van der Waals surface area contributed by atoms with Gasteiger partial charge in [-0.2, -0.15) is 0 Å². The number of carbonyl (C=O) groups excluding carboxylic acids is 1. The third kappa shape index (κ3) is 3.88. The number of nitrogens with one attached hydrogen (secondary N) is 1. The smallest absolute Gasteiger partial charge is 0.261 e. The van der Waals surface area contributed by atoms with Crippen LogP contribution in [-0.2, 0) is 4.79 Å². The van der Waals surface area contributed by atoms with Crippen molar-refractivity contribution in [1.29, 1.82) is 0 Å². The minimum atomic E-state index is -0.574. The Kier molecular flexibility index (Phi) is 5.27. The first-order valence-corrected chi connectivity index (χ1v) is 8.97. The maximum absolute atomic E-state index is 12.6. The molecule has 0 aliphatic carbocycles. The maximum Gasteiger partial charge on any atom is 0.261 e. The van der Waals surface area contributed by atoms with E-state index in [1.165, 1.54) is 11.1 Å². The highest BCUT2D eigenvalue weighted by atomic mass is 16.5. The van der Waals surface area contributed by atoms with Gasteiger partial charge in [-0.05, 0) is 55.8 Å². The van der Waals surface area contributed by atoms with Crippen LogP contribution < -0.4 is 10.1 Å². The number of ether oxygens (including phenoxy) is 1. The van der Waals surface area contributed by atoms with Crippen LogP contribution in [0, 0.1) is 13.8 Å². The van der Waals surface area contributed by atoms with Crippen LogP contribution in [0.2, 0.25) is 0 Å². The topological polar surface area (TPSA) is 38.3 Å². The van der Waals surface area contributed by atoms with Crippen molar-refractivity contribution in [1.82, 2.24) is 5.32 Å². The summed E-state index contributed by atoms with van der Waals surface area (Å²) >= 11 is 0. The van der Waals surface area contributed by atoms with Gasteiger partial charge in [-0.25, -0.2) is 0 Å². The largest absolute Gasteiger partial charge is 0.480 e. The van der Waals surface area contributed by atoms with Crippen molar-refractivity contribution in [3.05, 3.63) is 77.4 Å². The third-order valence-corrected chi connectivity index (χ3v) is 4.81. The molecule has 0 radical (unpaired) electrons. The molecule has 1 amide bonds. The zero-order valence-electron chi connectivity index (χ0n) is 15.7. The van der Waals surface area contributed by atoms with Crippen molar-refractivity contribution in [2.45, 2.75) is 39.8 Å². The lowest BCUT2D eigenvalue weighted by Gasteiger charge is -2.20. The molecule has 0 unspecified atom stereocenters. The van der Waals surface area contributed by atoms with Gasteiger partial charge >= 0.3 is 0 Å². The van der Waals surface area contributed by atoms with Gasteiger partial charge in [-0.15, -0.1) is 0 Å². The molecule has 0 bridgehead atoms. The molecule has 0 saturated heterocycles. The van der Waals surface area contributed by atoms with E-state index in [0.717, 1.165) is 22.1 Å². The Balaban J connectivity index is 1.70. The van der Waals surface area contributed by atoms with E-state index in [4.69, 9.17) is 4.74 Å². The normalized spacial score (nSPS) is 13.2. The summed E-state index contributed by atoms with van der Waals surface area (Å²) in [6.45, 7) is 7.94. The first kappa shape index (κ1) is 18.0. The predicted octanol–water partition coefficient (Wildman–Crippen LogP) is 5.10. The molecule has 2 atom stereocenters. The van der Waals surface area contributed by atoms with Gasteiger partial charge < -0.3 is 10.1 Å². The highest BCUT2D eigenvalue weighted by Crippen LogP contribution is 2.26. The molecule has 0 spiro atoms. The molecule has 0 aromatic heterocycles. The number of benzene rings is 3. The summed E-state index contributed by atoms with van der Waals surface area (Å²) in [5.74, 6) is 0.605. The van der Waals surface area contributed by atoms with Crippen molar-refractivity contribution >= 4 is 16.7 Å². The highest BCUT2D eigenvalue weighted by Gasteiger charge is 2.18. The fourth-order valence-corrected chi connectivity index (χ4v) is 2.99. The summed E-state index contributed by atoms with van der Waals surface area (Å²) < 4.78 is 5.96. The summed E-state index contributed by atoms with van der Waals surface area (Å²) in [5, 5.41) is 5.16. The molecule has 3 rings (SSSR count). The lowest BCUT2D eigenvalue weighted by atomic mass is 10.0. The van der Waals surface area contributed by atoms with Crippen LogP contribution in [0.15, 0.2) is 60.7 Å². The first-order chi connectivity index (χ1) is 12.5. The molecule has 0 saturated carbocycles.